The van der Waals surface area contributed by atoms with Crippen molar-refractivity contribution in [3.63, 3.8) is 0 Å². The van der Waals surface area contributed by atoms with E-state index in [0.717, 1.165) is 11.8 Å². The molecule has 0 aromatic heterocycles. The third-order valence-electron chi connectivity index (χ3n) is 5.73. The maximum absolute atomic E-state index is 13.3. The molecule has 1 N–H and O–H groups in total. The zero-order valence-electron chi connectivity index (χ0n) is 19.5. The number of amides is 1. The third kappa shape index (κ3) is 5.64. The summed E-state index contributed by atoms with van der Waals surface area (Å²) in [5.41, 5.74) is 1.43. The molecule has 2 aromatic rings. The van der Waals surface area contributed by atoms with Crippen LogP contribution in [0.15, 0.2) is 52.3 Å². The lowest BCUT2D eigenvalue weighted by molar-refractivity contribution is -0.118. The molecule has 2 aromatic carbocycles. The average molecular weight is 505 g/mol. The molecular weight excluding hydrogens is 476 g/mol. The van der Waals surface area contributed by atoms with E-state index in [1.807, 2.05) is 11.0 Å². The molecule has 1 fully saturated rings. The Morgan fingerprint density at radius 2 is 1.71 bits per heavy atom. The second-order valence-corrected chi connectivity index (χ2v) is 12.5. The van der Waals surface area contributed by atoms with Crippen molar-refractivity contribution in [2.75, 3.05) is 31.2 Å². The molecule has 34 heavy (non-hydrogen) atoms. The SMILES string of the molecule is Cc1ccc(S(C)(=O)=O)cc1NC(=O)CN1C[C@@H](C)N(S(=O)(=O)c2cccc(C#N)c2)[C@@H](C)C1. The van der Waals surface area contributed by atoms with Crippen molar-refractivity contribution in [3.8, 4) is 6.07 Å². The van der Waals surface area contributed by atoms with Crippen molar-refractivity contribution in [2.45, 2.75) is 42.6 Å². The lowest BCUT2D eigenvalue weighted by Gasteiger charge is -2.43. The fourth-order valence-electron chi connectivity index (χ4n) is 4.23. The van der Waals surface area contributed by atoms with Gasteiger partial charge in [-0.25, -0.2) is 16.8 Å². The highest BCUT2D eigenvalue weighted by atomic mass is 32.2. The molecule has 1 amide bonds. The van der Waals surface area contributed by atoms with Crippen LogP contribution in [0, 0.1) is 18.3 Å². The quantitative estimate of drug-likeness (QED) is 0.637. The van der Waals surface area contributed by atoms with Gasteiger partial charge < -0.3 is 5.32 Å². The van der Waals surface area contributed by atoms with Crippen LogP contribution in [0.4, 0.5) is 5.69 Å². The molecule has 0 radical (unpaired) electrons. The maximum Gasteiger partial charge on any atom is 0.243 e. The number of rotatable bonds is 6. The van der Waals surface area contributed by atoms with Crippen LogP contribution >= 0.6 is 0 Å². The Hall–Kier alpha value is -2.78. The number of hydrogen-bond acceptors (Lipinski definition) is 7. The normalized spacial score (nSPS) is 20.0. The van der Waals surface area contributed by atoms with Crippen LogP contribution in [0.2, 0.25) is 0 Å². The van der Waals surface area contributed by atoms with E-state index in [9.17, 15) is 21.6 Å². The first kappa shape index (κ1) is 25.8. The molecule has 1 saturated heterocycles. The second kappa shape index (κ2) is 9.84. The monoisotopic (exact) mass is 504 g/mol. The summed E-state index contributed by atoms with van der Waals surface area (Å²) in [6.07, 6.45) is 1.11. The number of sulfone groups is 1. The Kier molecular flexibility index (Phi) is 7.47. The second-order valence-electron chi connectivity index (χ2n) is 8.66. The van der Waals surface area contributed by atoms with Gasteiger partial charge in [-0.3, -0.25) is 9.69 Å². The van der Waals surface area contributed by atoms with Gasteiger partial charge in [0.15, 0.2) is 9.84 Å². The van der Waals surface area contributed by atoms with Crippen LogP contribution < -0.4 is 5.32 Å². The van der Waals surface area contributed by atoms with Crippen molar-refractivity contribution in [2.24, 2.45) is 0 Å². The molecule has 0 bridgehead atoms. The Morgan fingerprint density at radius 3 is 2.29 bits per heavy atom. The van der Waals surface area contributed by atoms with E-state index in [2.05, 4.69) is 5.32 Å². The number of anilines is 1. The van der Waals surface area contributed by atoms with E-state index in [1.54, 1.807) is 39.0 Å². The number of aryl methyl sites for hydroxylation is 1. The first-order chi connectivity index (χ1) is 15.8. The van der Waals surface area contributed by atoms with Gasteiger partial charge in [0.2, 0.25) is 15.9 Å². The number of piperazine rings is 1. The van der Waals surface area contributed by atoms with Crippen molar-refractivity contribution < 1.29 is 21.6 Å². The first-order valence-electron chi connectivity index (χ1n) is 10.7. The first-order valence-corrected chi connectivity index (χ1v) is 14.0. The number of nitriles is 1. The molecule has 3 rings (SSSR count). The zero-order chi connectivity index (χ0) is 25.3. The van der Waals surface area contributed by atoms with Crippen molar-refractivity contribution in [3.05, 3.63) is 53.6 Å². The van der Waals surface area contributed by atoms with Crippen molar-refractivity contribution >= 4 is 31.5 Å². The summed E-state index contributed by atoms with van der Waals surface area (Å²) in [5, 5.41) is 11.9. The Balaban J connectivity index is 1.71. The number of carbonyl (C=O) groups is 1. The summed E-state index contributed by atoms with van der Waals surface area (Å²) in [6, 6.07) is 11.7. The Morgan fingerprint density at radius 1 is 1.06 bits per heavy atom. The van der Waals surface area contributed by atoms with Crippen molar-refractivity contribution in [1.82, 2.24) is 9.21 Å². The van der Waals surface area contributed by atoms with Gasteiger partial charge in [0.1, 0.15) is 0 Å². The van der Waals surface area contributed by atoms with E-state index in [-0.39, 0.29) is 27.8 Å². The predicted octanol–water partition coefficient (Wildman–Crippen LogP) is 1.99. The van der Waals surface area contributed by atoms with E-state index in [0.29, 0.717) is 18.8 Å². The molecular formula is C23H28N4O5S2. The van der Waals surface area contributed by atoms with Crippen LogP contribution in [0.1, 0.15) is 25.0 Å². The molecule has 1 aliphatic heterocycles. The van der Waals surface area contributed by atoms with Gasteiger partial charge >= 0.3 is 0 Å². The van der Waals surface area contributed by atoms with Crippen molar-refractivity contribution in [1.29, 1.82) is 5.26 Å². The van der Waals surface area contributed by atoms with E-state index < -0.39 is 31.9 Å². The largest absolute Gasteiger partial charge is 0.325 e. The molecule has 1 aliphatic rings. The molecule has 0 unspecified atom stereocenters. The van der Waals surface area contributed by atoms with Crippen LogP contribution in [-0.4, -0.2) is 69.9 Å². The van der Waals surface area contributed by atoms with Crippen LogP contribution in [0.25, 0.3) is 0 Å². The molecule has 9 nitrogen and oxygen atoms in total. The number of sulfonamides is 1. The summed E-state index contributed by atoms with van der Waals surface area (Å²) < 4.78 is 51.6. The predicted molar refractivity (Wildman–Crippen MR) is 128 cm³/mol. The van der Waals surface area contributed by atoms with Crippen LogP contribution in [-0.2, 0) is 24.7 Å². The fourth-order valence-corrected chi connectivity index (χ4v) is 6.73. The number of nitrogens with one attached hydrogen (secondary N) is 1. The summed E-state index contributed by atoms with van der Waals surface area (Å²) in [4.78, 5) is 14.8. The van der Waals surface area contributed by atoms with Crippen LogP contribution in [0.5, 0.6) is 0 Å². The summed E-state index contributed by atoms with van der Waals surface area (Å²) in [6.45, 7) is 6.07. The number of benzene rings is 2. The summed E-state index contributed by atoms with van der Waals surface area (Å²) >= 11 is 0. The van der Waals surface area contributed by atoms with Crippen LogP contribution in [0.3, 0.4) is 0 Å². The van der Waals surface area contributed by atoms with Gasteiger partial charge in [-0.2, -0.15) is 9.57 Å². The van der Waals surface area contributed by atoms with Gasteiger partial charge in [0, 0.05) is 37.1 Å². The van der Waals surface area contributed by atoms with Gasteiger partial charge in [0.25, 0.3) is 0 Å². The maximum atomic E-state index is 13.3. The molecule has 182 valence electrons. The molecule has 0 spiro atoms. The summed E-state index contributed by atoms with van der Waals surface area (Å²) in [7, 11) is -7.23. The fraction of sp³-hybridized carbons (Fsp3) is 0.391. The van der Waals surface area contributed by atoms with Gasteiger partial charge in [-0.05, 0) is 56.7 Å². The van der Waals surface area contributed by atoms with Gasteiger partial charge in [-0.1, -0.05) is 12.1 Å². The topological polar surface area (TPSA) is 128 Å². The standard InChI is InChI=1S/C23H28N4O5S2/c1-16-8-9-20(33(4,29)30)11-22(16)25-23(28)15-26-13-17(2)27(18(3)14-26)34(31,32)21-7-5-6-19(10-21)12-24/h5-11,17-18H,13-15H2,1-4H3,(H,25,28)/t17-,18+. The zero-order valence-corrected chi connectivity index (χ0v) is 21.1. The number of hydrogen-bond donors (Lipinski definition) is 1. The number of carbonyl (C=O) groups excluding carboxylic acids is 1. The molecule has 0 aliphatic carbocycles. The van der Waals surface area contributed by atoms with E-state index in [1.165, 1.54) is 28.6 Å². The van der Waals surface area contributed by atoms with Gasteiger partial charge in [0.05, 0.1) is 28.0 Å². The molecule has 2 atom stereocenters. The van der Waals surface area contributed by atoms with E-state index in [4.69, 9.17) is 5.26 Å². The summed E-state index contributed by atoms with van der Waals surface area (Å²) in [5.74, 6) is -0.314. The molecule has 1 heterocycles. The molecule has 11 heteroatoms. The third-order valence-corrected chi connectivity index (χ3v) is 8.97. The Labute approximate surface area is 201 Å². The Bertz CT molecular complexity index is 1340. The minimum absolute atomic E-state index is 0.0367. The minimum atomic E-state index is -3.82. The average Bonchev–Trinajstić information content (AvgIpc) is 2.73. The highest BCUT2D eigenvalue weighted by Crippen LogP contribution is 2.26. The lowest BCUT2D eigenvalue weighted by atomic mass is 10.1. The highest BCUT2D eigenvalue weighted by Gasteiger charge is 2.38. The molecule has 0 saturated carbocycles. The smallest absolute Gasteiger partial charge is 0.243 e. The highest BCUT2D eigenvalue weighted by molar-refractivity contribution is 7.90. The number of nitrogens with zero attached hydrogens (tertiary/aromatic N) is 3. The minimum Gasteiger partial charge on any atom is -0.325 e. The van der Waals surface area contributed by atoms with Gasteiger partial charge in [-0.15, -0.1) is 0 Å². The van der Waals surface area contributed by atoms with E-state index >= 15 is 0 Å². The lowest BCUT2D eigenvalue weighted by Crippen LogP contribution is -2.59.